The molecule has 0 aliphatic rings. The molecular weight excluding hydrogens is 353 g/mol. The second kappa shape index (κ2) is 16.7. The minimum absolute atomic E-state index is 0. The standard InChI is InChI=1S/C10H9.C4H10N.2CH3.2ClH.Si.Ti/c1-8-6-9-4-2-3-5-10(9)7-8;1-4(2,3)5;;;;;;/h2-7H,1H3;5H,1-3H3;2*1H3;2*1H;;/q4*-1;;;;. The molecule has 0 aliphatic carbocycles. The van der Waals surface area contributed by atoms with Crippen molar-refractivity contribution >= 4 is 43.2 Å². The molecule has 1 nitrogen and oxygen atoms in total. The second-order valence-electron chi connectivity index (χ2n) is 4.91. The molecule has 0 fully saturated rings. The first kappa shape index (κ1) is 33.0. The van der Waals surface area contributed by atoms with Gasteiger partial charge >= 0.3 is 26.8 Å². The monoisotopic (exact) mass is 379 g/mol. The molecule has 0 amide bonds. The Morgan fingerprint density at radius 2 is 1.43 bits per heavy atom. The van der Waals surface area contributed by atoms with E-state index in [2.05, 4.69) is 51.0 Å². The van der Waals surface area contributed by atoms with E-state index in [1.54, 1.807) is 19.2 Å². The Labute approximate surface area is 157 Å². The molecule has 2 radical (unpaired) electrons. The number of halogens is 2. The molecule has 122 valence electrons. The fourth-order valence-electron chi connectivity index (χ4n) is 1.31. The first-order valence-corrected chi connectivity index (χ1v) is 8.32. The predicted molar refractivity (Wildman–Crippen MR) is 101 cm³/mol. The average molecular weight is 380 g/mol. The SMILES string of the molecule is CC(C)(C)[NH-].Cc1cc2ccccc2[cH-]1.Cl.Cl.[CH3-].[CH3-].[Si]=[Ti]. The van der Waals surface area contributed by atoms with Crippen molar-refractivity contribution in [2.75, 3.05) is 0 Å². The molecular formula is C16H27Cl2NSiTi-4. The van der Waals surface area contributed by atoms with Gasteiger partial charge in [-0.15, -0.1) is 71.0 Å². The van der Waals surface area contributed by atoms with Gasteiger partial charge in [0.15, 0.2) is 0 Å². The van der Waals surface area contributed by atoms with Crippen molar-refractivity contribution in [3.05, 3.63) is 62.5 Å². The van der Waals surface area contributed by atoms with Gasteiger partial charge in [0, 0.05) is 0 Å². The van der Waals surface area contributed by atoms with Crippen LogP contribution in [0.2, 0.25) is 0 Å². The van der Waals surface area contributed by atoms with Crippen molar-refractivity contribution < 1.29 is 19.2 Å². The third kappa shape index (κ3) is 18.3. The van der Waals surface area contributed by atoms with Gasteiger partial charge in [-0.2, -0.15) is 6.07 Å². The van der Waals surface area contributed by atoms with Crippen molar-refractivity contribution in [2.24, 2.45) is 0 Å². The molecule has 2 rings (SSSR count). The van der Waals surface area contributed by atoms with Gasteiger partial charge in [-0.1, -0.05) is 33.8 Å². The summed E-state index contributed by atoms with van der Waals surface area (Å²) in [6.45, 7) is 7.69. The van der Waals surface area contributed by atoms with Crippen LogP contribution < -0.4 is 0 Å². The van der Waals surface area contributed by atoms with Crippen LogP contribution in [0.15, 0.2) is 36.4 Å². The molecule has 0 bridgehead atoms. The summed E-state index contributed by atoms with van der Waals surface area (Å²) in [7, 11) is 2.97. The first-order chi connectivity index (χ1) is 7.86. The summed E-state index contributed by atoms with van der Waals surface area (Å²) in [5.41, 5.74) is 8.04. The third-order valence-corrected chi connectivity index (χ3v) is 1.76. The van der Waals surface area contributed by atoms with Crippen molar-refractivity contribution in [3.63, 3.8) is 0 Å². The Bertz CT molecular complexity index is 414. The average Bonchev–Trinajstić information content (AvgIpc) is 2.58. The number of benzene rings is 1. The van der Waals surface area contributed by atoms with Gasteiger partial charge in [0.1, 0.15) is 0 Å². The molecule has 5 heteroatoms. The van der Waals surface area contributed by atoms with E-state index in [4.69, 9.17) is 5.73 Å². The maximum absolute atomic E-state index is 6.94. The van der Waals surface area contributed by atoms with Gasteiger partial charge in [0.05, 0.1) is 0 Å². The molecule has 0 saturated carbocycles. The van der Waals surface area contributed by atoms with Gasteiger partial charge in [0.2, 0.25) is 0 Å². The van der Waals surface area contributed by atoms with Gasteiger partial charge in [-0.25, -0.2) is 0 Å². The number of fused-ring (bicyclic) bond motifs is 1. The van der Waals surface area contributed by atoms with Crippen molar-refractivity contribution in [2.45, 2.75) is 33.2 Å². The second-order valence-corrected chi connectivity index (χ2v) is 4.91. The van der Waals surface area contributed by atoms with Gasteiger partial charge in [0.25, 0.3) is 0 Å². The van der Waals surface area contributed by atoms with Crippen LogP contribution in [-0.2, 0) is 19.2 Å². The fourth-order valence-corrected chi connectivity index (χ4v) is 1.31. The molecule has 0 unspecified atom stereocenters. The molecule has 0 heterocycles. The zero-order valence-electron chi connectivity index (χ0n) is 13.8. The normalized spacial score (nSPS) is 8.00. The molecule has 2 aromatic carbocycles. The topological polar surface area (TPSA) is 23.8 Å². The van der Waals surface area contributed by atoms with E-state index >= 15 is 0 Å². The number of hydrogen-bond acceptors (Lipinski definition) is 0. The molecule has 0 spiro atoms. The minimum atomic E-state index is -0.250. The van der Waals surface area contributed by atoms with Gasteiger partial charge in [-0.05, 0) is 0 Å². The zero-order valence-corrected chi connectivity index (χ0v) is 18.0. The van der Waals surface area contributed by atoms with E-state index in [9.17, 15) is 0 Å². The molecule has 1 N–H and O–H groups in total. The summed E-state index contributed by atoms with van der Waals surface area (Å²) in [6, 6.07) is 12.8. The summed E-state index contributed by atoms with van der Waals surface area (Å²) in [5, 5.41) is 2.69. The Hall–Kier alpha value is 0.301. The van der Waals surface area contributed by atoms with Crippen LogP contribution in [0.5, 0.6) is 0 Å². The zero-order chi connectivity index (χ0) is 13.5. The van der Waals surface area contributed by atoms with Crippen LogP contribution in [0.3, 0.4) is 0 Å². The van der Waals surface area contributed by atoms with Crippen molar-refractivity contribution in [3.8, 4) is 0 Å². The summed E-state index contributed by atoms with van der Waals surface area (Å²) in [6.07, 6.45) is 0. The van der Waals surface area contributed by atoms with E-state index < -0.39 is 0 Å². The van der Waals surface area contributed by atoms with Crippen LogP contribution in [0.1, 0.15) is 26.3 Å². The van der Waals surface area contributed by atoms with E-state index in [1.165, 1.54) is 16.3 Å². The molecule has 0 saturated heterocycles. The van der Waals surface area contributed by atoms with E-state index in [0.717, 1.165) is 0 Å². The van der Waals surface area contributed by atoms with Gasteiger partial charge in [-0.3, -0.25) is 0 Å². The number of rotatable bonds is 0. The molecule has 0 aromatic heterocycles. The Balaban J connectivity index is -0.0000000695. The molecule has 0 aliphatic heterocycles. The van der Waals surface area contributed by atoms with E-state index in [0.29, 0.717) is 0 Å². The van der Waals surface area contributed by atoms with Crippen LogP contribution in [-0.4, -0.2) is 13.2 Å². The van der Waals surface area contributed by atoms with Crippen molar-refractivity contribution in [1.82, 2.24) is 0 Å². The summed E-state index contributed by atoms with van der Waals surface area (Å²) in [5.74, 6) is 0. The Morgan fingerprint density at radius 3 is 1.81 bits per heavy atom. The van der Waals surface area contributed by atoms with Crippen LogP contribution in [0.25, 0.3) is 16.5 Å². The first-order valence-electron chi connectivity index (χ1n) is 5.48. The Kier molecular flexibility index (Phi) is 26.2. The maximum atomic E-state index is 6.94. The third-order valence-electron chi connectivity index (χ3n) is 1.76. The van der Waals surface area contributed by atoms with Gasteiger partial charge < -0.3 is 20.6 Å². The summed E-state index contributed by atoms with van der Waals surface area (Å²) in [4.78, 5) is 0. The number of hydrogen-bond donors (Lipinski definition) is 0. The quantitative estimate of drug-likeness (QED) is 0.392. The summed E-state index contributed by atoms with van der Waals surface area (Å²) < 4.78 is 0. The van der Waals surface area contributed by atoms with E-state index in [1.807, 2.05) is 20.8 Å². The predicted octanol–water partition coefficient (Wildman–Crippen LogP) is 6.07. The Morgan fingerprint density at radius 1 is 1.05 bits per heavy atom. The van der Waals surface area contributed by atoms with Crippen molar-refractivity contribution in [1.29, 1.82) is 0 Å². The van der Waals surface area contributed by atoms with Crippen LogP contribution in [0.4, 0.5) is 0 Å². The van der Waals surface area contributed by atoms with Crippen LogP contribution in [0, 0.1) is 21.8 Å². The van der Waals surface area contributed by atoms with Crippen LogP contribution >= 0.6 is 24.8 Å². The fraction of sp³-hybridized carbons (Fsp3) is 0.312. The van der Waals surface area contributed by atoms with E-state index in [-0.39, 0.29) is 45.2 Å². The number of nitrogens with one attached hydrogen (secondary N) is 1. The summed E-state index contributed by atoms with van der Waals surface area (Å²) >= 11 is 1.81. The molecule has 21 heavy (non-hydrogen) atoms. The number of aryl methyl sites for hydroxylation is 1. The molecule has 0 atom stereocenters. The molecule has 2 aromatic rings.